The molecule has 0 saturated carbocycles. The van der Waals surface area contributed by atoms with Crippen LogP contribution in [-0.2, 0) is 22.6 Å². The Morgan fingerprint density at radius 1 is 0.714 bits per heavy atom. The van der Waals surface area contributed by atoms with Gasteiger partial charge in [-0.25, -0.2) is 19.2 Å². The Bertz CT molecular complexity index is 1630. The summed E-state index contributed by atoms with van der Waals surface area (Å²) in [6.45, 7) is 15.5. The first kappa shape index (κ1) is 61.2. The standard InChI is InChI=1S/C10H13NO4.C9H11NO4.C7H6O4.C6H15N.C3H9NO.CH4O.Na.H2O/c1-7(12)5-11-6-8(10(14)15-2)3-4-9(11)13;1-6(11)4-10-5-7(9(13)14)2-3-8(10)12;1-10-7(9)5-2-3-6(8)11-4-5;1-4-7(5-2)6-3;1-3(5)2-4;1-2;;/h3-4,6-7,12H,5H2,1-2H3;2-3,5-6,11H,4H2,1H3,(H,13,14);2-4H,1H3;4-6H2,1-3H3;3,5H,2,4H2,1H3;2H,1H3;;1H2/q;;;;;;+1;/p-1/t7-;6-;;;3-;;;/m11..1.../s1. The number of aliphatic hydroxyl groups is 4. The normalized spacial score (nSPS) is 10.9. The van der Waals surface area contributed by atoms with Crippen LogP contribution < -0.4 is 52.0 Å². The van der Waals surface area contributed by atoms with E-state index >= 15 is 0 Å². The van der Waals surface area contributed by atoms with E-state index in [9.17, 15) is 28.8 Å². The number of carboxylic acids is 1. The Hall–Kier alpha value is -4.02. The number of carbonyl (C=O) groups excluding carboxylic acids is 2. The quantitative estimate of drug-likeness (QED) is 0.0860. The molecule has 0 amide bonds. The number of rotatable bonds is 11. The van der Waals surface area contributed by atoms with E-state index in [0.717, 1.165) is 19.4 Å². The second-order valence-electron chi connectivity index (χ2n) is 10.9. The van der Waals surface area contributed by atoms with Gasteiger partial charge in [-0.15, -0.1) is 0 Å². The number of nitrogens with zero attached hydrogens (tertiary/aromatic N) is 3. The first-order valence-corrected chi connectivity index (χ1v) is 16.7. The molecule has 3 aromatic rings. The molecule has 3 rings (SSSR count). The Labute approximate surface area is 348 Å². The minimum absolute atomic E-state index is 0. The fourth-order valence-corrected chi connectivity index (χ4v) is 3.55. The van der Waals surface area contributed by atoms with Gasteiger partial charge in [0, 0.05) is 44.2 Å². The molecule has 0 spiro atoms. The summed E-state index contributed by atoms with van der Waals surface area (Å²) in [5.41, 5.74) is 4.40. The third kappa shape index (κ3) is 29.3. The van der Waals surface area contributed by atoms with Gasteiger partial charge in [0.2, 0.25) is 0 Å². The number of esters is 2. The topological polar surface area (TPSA) is 304 Å². The summed E-state index contributed by atoms with van der Waals surface area (Å²) in [6.07, 6.45) is 1.99. The van der Waals surface area contributed by atoms with Gasteiger partial charge in [0.15, 0.2) is 0 Å². The minimum atomic E-state index is -1.09. The molecular formula is C36H59N4NaO15. The molecule has 0 aliphatic heterocycles. The number of carboxylic acid groups (broad SMARTS) is 1. The first-order chi connectivity index (χ1) is 25.4. The van der Waals surface area contributed by atoms with E-state index in [1.54, 1.807) is 13.8 Å². The number of aromatic nitrogens is 2. The van der Waals surface area contributed by atoms with Gasteiger partial charge < -0.3 is 64.7 Å². The van der Waals surface area contributed by atoms with Crippen molar-refractivity contribution < 1.29 is 88.8 Å². The summed E-state index contributed by atoms with van der Waals surface area (Å²) in [5.74, 6) is -2.12. The minimum Gasteiger partial charge on any atom is -0.870 e. The summed E-state index contributed by atoms with van der Waals surface area (Å²) in [5, 5.41) is 42.1. The average Bonchev–Trinajstić information content (AvgIpc) is 3.15. The van der Waals surface area contributed by atoms with Crippen LogP contribution in [0.5, 0.6) is 0 Å². The fourth-order valence-electron chi connectivity index (χ4n) is 3.55. The van der Waals surface area contributed by atoms with Crippen molar-refractivity contribution in [3.8, 4) is 0 Å². The summed E-state index contributed by atoms with van der Waals surface area (Å²) >= 11 is 0. The Balaban J connectivity index is -0.000000198. The van der Waals surface area contributed by atoms with Gasteiger partial charge in [0.05, 0.1) is 62.3 Å². The molecule has 0 aliphatic rings. The van der Waals surface area contributed by atoms with Crippen molar-refractivity contribution in [3.05, 3.63) is 103 Å². The summed E-state index contributed by atoms with van der Waals surface area (Å²) in [6, 6.07) is 7.58. The van der Waals surface area contributed by atoms with E-state index in [2.05, 4.69) is 39.6 Å². The van der Waals surface area contributed by atoms with Gasteiger partial charge in [-0.1, -0.05) is 20.8 Å². The fraction of sp³-hybridized carbons (Fsp3) is 0.500. The van der Waals surface area contributed by atoms with Crippen molar-refractivity contribution >= 4 is 17.9 Å². The molecule has 3 aromatic heterocycles. The molecule has 19 nitrogen and oxygen atoms in total. The van der Waals surface area contributed by atoms with E-state index in [1.165, 1.54) is 92.6 Å². The van der Waals surface area contributed by atoms with Gasteiger partial charge in [0.1, 0.15) is 6.26 Å². The zero-order valence-electron chi connectivity index (χ0n) is 33.9. The van der Waals surface area contributed by atoms with Crippen molar-refractivity contribution in [2.45, 2.75) is 72.9 Å². The number of hydrogen-bond donors (Lipinski definition) is 6. The molecule has 0 bridgehead atoms. The molecule has 56 heavy (non-hydrogen) atoms. The van der Waals surface area contributed by atoms with Crippen molar-refractivity contribution in [2.24, 2.45) is 5.73 Å². The maximum Gasteiger partial charge on any atom is 1.00 e. The predicted octanol–water partition coefficient (Wildman–Crippen LogP) is -2.52. The molecule has 0 aromatic carbocycles. The van der Waals surface area contributed by atoms with Crippen LogP contribution >= 0.6 is 0 Å². The van der Waals surface area contributed by atoms with E-state index in [1.807, 2.05) is 0 Å². The van der Waals surface area contributed by atoms with Crippen LogP contribution in [-0.4, -0.2) is 129 Å². The van der Waals surface area contributed by atoms with Crippen molar-refractivity contribution in [1.82, 2.24) is 14.0 Å². The molecule has 0 fully saturated rings. The van der Waals surface area contributed by atoms with Crippen LogP contribution in [0.1, 0.15) is 72.6 Å². The molecule has 0 saturated heterocycles. The summed E-state index contributed by atoms with van der Waals surface area (Å²) in [7, 11) is 3.53. The molecule has 8 N–H and O–H groups in total. The van der Waals surface area contributed by atoms with Crippen LogP contribution in [0.3, 0.4) is 0 Å². The predicted molar refractivity (Wildman–Crippen MR) is 204 cm³/mol. The van der Waals surface area contributed by atoms with Crippen molar-refractivity contribution in [2.75, 3.05) is 47.5 Å². The van der Waals surface area contributed by atoms with Crippen LogP contribution in [0.25, 0.3) is 0 Å². The first-order valence-electron chi connectivity index (χ1n) is 16.7. The number of carbonyl (C=O) groups is 3. The number of nitrogens with two attached hydrogens (primary N) is 1. The van der Waals surface area contributed by atoms with Crippen LogP contribution in [0.15, 0.2) is 73.9 Å². The van der Waals surface area contributed by atoms with E-state index < -0.39 is 35.7 Å². The number of ether oxygens (including phenoxy) is 2. The molecule has 0 aliphatic carbocycles. The third-order valence-electron chi connectivity index (χ3n) is 6.36. The smallest absolute Gasteiger partial charge is 0.870 e. The Morgan fingerprint density at radius 3 is 1.36 bits per heavy atom. The number of methoxy groups -OCH3 is 2. The molecule has 3 atom stereocenters. The Morgan fingerprint density at radius 2 is 1.07 bits per heavy atom. The maximum atomic E-state index is 11.3. The average molecular weight is 811 g/mol. The van der Waals surface area contributed by atoms with Gasteiger partial charge >= 0.3 is 53.1 Å². The van der Waals surface area contributed by atoms with E-state index in [4.69, 9.17) is 31.3 Å². The Kier molecular flexibility index (Phi) is 40.0. The SMILES string of the molecule is CCN(CC)CC.CO.COC(=O)c1ccc(=O)n(C[C@@H](C)O)c1.COC(=O)c1ccc(=O)oc1.C[C@@H](O)CN.C[C@@H](O)Cn1cc(C(=O)O)ccc1=O.[Na+].[OH-]. The van der Waals surface area contributed by atoms with Crippen LogP contribution in [0, 0.1) is 0 Å². The summed E-state index contributed by atoms with van der Waals surface area (Å²) in [4.78, 5) is 67.8. The monoisotopic (exact) mass is 810 g/mol. The zero-order valence-corrected chi connectivity index (χ0v) is 35.9. The van der Waals surface area contributed by atoms with Gasteiger partial charge in [-0.05, 0) is 58.6 Å². The van der Waals surface area contributed by atoms with Crippen LogP contribution in [0.2, 0.25) is 0 Å². The second-order valence-corrected chi connectivity index (χ2v) is 10.9. The molecule has 0 radical (unpaired) electrons. The van der Waals surface area contributed by atoms with Crippen molar-refractivity contribution in [3.63, 3.8) is 0 Å². The van der Waals surface area contributed by atoms with Gasteiger partial charge in [-0.3, -0.25) is 9.59 Å². The second kappa shape index (κ2) is 36.6. The zero-order chi connectivity index (χ0) is 42.4. The molecular weight excluding hydrogens is 751 g/mol. The molecule has 0 unspecified atom stereocenters. The van der Waals surface area contributed by atoms with Crippen molar-refractivity contribution in [1.29, 1.82) is 0 Å². The molecule has 314 valence electrons. The summed E-state index contributed by atoms with van der Waals surface area (Å²) < 4.78 is 15.8. The number of aromatic carboxylic acids is 1. The number of hydrogen-bond acceptors (Lipinski definition) is 16. The van der Waals surface area contributed by atoms with Gasteiger partial charge in [-0.2, -0.15) is 0 Å². The van der Waals surface area contributed by atoms with E-state index in [-0.39, 0.29) is 82.0 Å². The van der Waals surface area contributed by atoms with Gasteiger partial charge in [0.25, 0.3) is 11.1 Å². The van der Waals surface area contributed by atoms with E-state index in [0.29, 0.717) is 6.54 Å². The maximum absolute atomic E-state index is 11.3. The van der Waals surface area contributed by atoms with Crippen LogP contribution in [0.4, 0.5) is 0 Å². The molecule has 20 heteroatoms. The molecule has 3 heterocycles. The number of aliphatic hydroxyl groups excluding tert-OH is 4. The number of pyridine rings is 2. The largest absolute Gasteiger partial charge is 1.00 e. The third-order valence-corrected chi connectivity index (χ3v) is 6.36.